The summed E-state index contributed by atoms with van der Waals surface area (Å²) in [5.74, 6) is -0.0857. The van der Waals surface area contributed by atoms with Crippen molar-refractivity contribution in [2.75, 3.05) is 0 Å². The molecular weight excluding hydrogens is 368 g/mol. The predicted octanol–water partition coefficient (Wildman–Crippen LogP) is 4.17. The number of nitrogens with zero attached hydrogens (tertiary/aromatic N) is 1. The number of benzene rings is 2. The Bertz CT molecular complexity index is 896. The number of carbonyl (C=O) groups excluding carboxylic acids is 2. The van der Waals surface area contributed by atoms with E-state index in [-0.39, 0.29) is 28.0 Å². The van der Waals surface area contributed by atoms with Gasteiger partial charge < -0.3 is 10.2 Å². The van der Waals surface area contributed by atoms with Gasteiger partial charge in [-0.15, -0.1) is 11.8 Å². The molecule has 4 nitrogen and oxygen atoms in total. The summed E-state index contributed by atoms with van der Waals surface area (Å²) in [6, 6.07) is 17.6. The monoisotopic (exact) mass is 394 g/mol. The van der Waals surface area contributed by atoms with Crippen LogP contribution in [0.15, 0.2) is 54.6 Å². The molecule has 1 fully saturated rings. The summed E-state index contributed by atoms with van der Waals surface area (Å²) in [5.41, 5.74) is 3.02. The molecule has 3 atom stereocenters. The van der Waals surface area contributed by atoms with Gasteiger partial charge in [0.2, 0.25) is 5.91 Å². The highest BCUT2D eigenvalue weighted by atomic mass is 32.2. The average Bonchev–Trinajstić information content (AvgIpc) is 3.11. The first-order chi connectivity index (χ1) is 13.4. The topological polar surface area (TPSA) is 49.4 Å². The number of carbonyl (C=O) groups is 2. The quantitative estimate of drug-likeness (QED) is 0.828. The van der Waals surface area contributed by atoms with Crippen LogP contribution in [0.4, 0.5) is 0 Å². The maximum absolute atomic E-state index is 13.2. The van der Waals surface area contributed by atoms with Crippen molar-refractivity contribution in [3.63, 3.8) is 0 Å². The van der Waals surface area contributed by atoms with Gasteiger partial charge in [0, 0.05) is 16.4 Å². The van der Waals surface area contributed by atoms with Gasteiger partial charge in [0.1, 0.15) is 11.4 Å². The molecule has 2 aromatic carbocycles. The fourth-order valence-corrected chi connectivity index (χ4v) is 5.81. The number of nitrogens with one attached hydrogen (secondary N) is 1. The normalized spacial score (nSPS) is 23.2. The third-order valence-corrected chi connectivity index (χ3v) is 7.18. The molecule has 28 heavy (non-hydrogen) atoms. The van der Waals surface area contributed by atoms with Crippen molar-refractivity contribution in [2.45, 2.75) is 55.8 Å². The van der Waals surface area contributed by atoms with E-state index in [9.17, 15) is 9.59 Å². The molecule has 5 heteroatoms. The number of hydrogen-bond donors (Lipinski definition) is 1. The van der Waals surface area contributed by atoms with E-state index in [1.165, 1.54) is 5.56 Å². The Kier molecular flexibility index (Phi) is 4.96. The van der Waals surface area contributed by atoms with Crippen LogP contribution in [0.5, 0.6) is 0 Å². The molecule has 0 unspecified atom stereocenters. The number of aryl methyl sites for hydroxylation is 1. The third-order valence-electron chi connectivity index (χ3n) is 5.64. The van der Waals surface area contributed by atoms with Gasteiger partial charge in [-0.2, -0.15) is 0 Å². The lowest BCUT2D eigenvalue weighted by atomic mass is 9.99. The minimum absolute atomic E-state index is 0.0317. The molecule has 1 saturated heterocycles. The second-order valence-electron chi connectivity index (χ2n) is 8.21. The predicted molar refractivity (Wildman–Crippen MR) is 113 cm³/mol. The molecule has 2 amide bonds. The molecule has 0 spiro atoms. The minimum atomic E-state index is -0.471. The fraction of sp³-hybridized carbons (Fsp3) is 0.391. The summed E-state index contributed by atoms with van der Waals surface area (Å²) in [7, 11) is 0. The van der Waals surface area contributed by atoms with E-state index < -0.39 is 6.04 Å². The zero-order valence-electron chi connectivity index (χ0n) is 16.5. The largest absolute Gasteiger partial charge is 0.352 e. The molecule has 1 N–H and O–H groups in total. The zero-order valence-corrected chi connectivity index (χ0v) is 17.3. The van der Waals surface area contributed by atoms with Gasteiger partial charge in [-0.25, -0.2) is 0 Å². The minimum Gasteiger partial charge on any atom is -0.352 e. The Morgan fingerprint density at radius 1 is 1.14 bits per heavy atom. The maximum Gasteiger partial charge on any atom is 0.256 e. The van der Waals surface area contributed by atoms with E-state index in [4.69, 9.17) is 0 Å². The van der Waals surface area contributed by atoms with Crippen LogP contribution in [0.3, 0.4) is 0 Å². The van der Waals surface area contributed by atoms with E-state index in [0.717, 1.165) is 24.0 Å². The smallest absolute Gasteiger partial charge is 0.256 e. The Hall–Kier alpha value is -2.27. The Balaban J connectivity index is 1.47. The summed E-state index contributed by atoms with van der Waals surface area (Å²) < 4.78 is -0.336. The maximum atomic E-state index is 13.2. The van der Waals surface area contributed by atoms with Crippen molar-refractivity contribution < 1.29 is 9.59 Å². The summed E-state index contributed by atoms with van der Waals surface area (Å²) in [6.07, 6.45) is 1.79. The molecule has 0 radical (unpaired) electrons. The van der Waals surface area contributed by atoms with Gasteiger partial charge in [0.15, 0.2) is 0 Å². The van der Waals surface area contributed by atoms with E-state index in [1.54, 1.807) is 16.7 Å². The Labute approximate surface area is 170 Å². The van der Waals surface area contributed by atoms with Crippen molar-refractivity contribution >= 4 is 23.6 Å². The molecule has 146 valence electrons. The van der Waals surface area contributed by atoms with Crippen LogP contribution in [0.2, 0.25) is 0 Å². The third kappa shape index (κ3) is 3.32. The first kappa shape index (κ1) is 19.1. The first-order valence-electron chi connectivity index (χ1n) is 9.82. The second-order valence-corrected chi connectivity index (χ2v) is 9.94. The van der Waals surface area contributed by atoms with Crippen molar-refractivity contribution in [3.8, 4) is 0 Å². The van der Waals surface area contributed by atoms with Crippen LogP contribution in [-0.4, -0.2) is 33.5 Å². The summed E-state index contributed by atoms with van der Waals surface area (Å²) in [4.78, 5) is 28.0. The van der Waals surface area contributed by atoms with E-state index in [1.807, 2.05) is 49.4 Å². The molecule has 2 heterocycles. The molecule has 0 bridgehead atoms. The second kappa shape index (κ2) is 7.28. The van der Waals surface area contributed by atoms with E-state index >= 15 is 0 Å². The van der Waals surface area contributed by atoms with Crippen LogP contribution in [0, 0.1) is 0 Å². The number of amides is 2. The summed E-state index contributed by atoms with van der Waals surface area (Å²) in [6.45, 7) is 6.16. The van der Waals surface area contributed by atoms with Crippen molar-refractivity contribution in [1.82, 2.24) is 10.2 Å². The van der Waals surface area contributed by atoms with Crippen molar-refractivity contribution in [2.24, 2.45) is 0 Å². The van der Waals surface area contributed by atoms with Gasteiger partial charge in [-0.3, -0.25) is 9.59 Å². The van der Waals surface area contributed by atoms with Gasteiger partial charge in [0.25, 0.3) is 5.91 Å². The molecule has 0 saturated carbocycles. The standard InChI is InChI=1S/C23H26N2O2S/c1-15(13-14-16-9-5-4-6-10-16)24-20(26)19-23(2,3)28-22-18-12-8-7-11-17(18)21(27)25(19)22/h4-12,15,19,22H,13-14H2,1-3H3,(H,24,26)/t15-,19+,22+/m0/s1. The van der Waals surface area contributed by atoms with Crippen LogP contribution in [0.25, 0.3) is 0 Å². The Morgan fingerprint density at radius 3 is 2.57 bits per heavy atom. The molecule has 2 aliphatic rings. The lowest BCUT2D eigenvalue weighted by molar-refractivity contribution is -0.126. The van der Waals surface area contributed by atoms with Gasteiger partial charge in [0.05, 0.1) is 0 Å². The highest BCUT2D eigenvalue weighted by molar-refractivity contribution is 8.01. The van der Waals surface area contributed by atoms with Gasteiger partial charge in [-0.1, -0.05) is 48.5 Å². The van der Waals surface area contributed by atoms with Crippen molar-refractivity contribution in [3.05, 3.63) is 71.3 Å². The van der Waals surface area contributed by atoms with Crippen molar-refractivity contribution in [1.29, 1.82) is 0 Å². The molecule has 0 aliphatic carbocycles. The number of fused-ring (bicyclic) bond motifs is 3. The Morgan fingerprint density at radius 2 is 1.82 bits per heavy atom. The van der Waals surface area contributed by atoms with Crippen LogP contribution in [-0.2, 0) is 11.2 Å². The zero-order chi connectivity index (χ0) is 19.9. The summed E-state index contributed by atoms with van der Waals surface area (Å²) in [5, 5.41) is 3.09. The lowest BCUT2D eigenvalue weighted by Crippen LogP contribution is -2.54. The molecule has 0 aromatic heterocycles. The van der Waals surface area contributed by atoms with Crippen LogP contribution in [0.1, 0.15) is 54.1 Å². The summed E-state index contributed by atoms with van der Waals surface area (Å²) >= 11 is 1.70. The fourth-order valence-electron chi connectivity index (χ4n) is 4.23. The highest BCUT2D eigenvalue weighted by Gasteiger charge is 2.57. The van der Waals surface area contributed by atoms with E-state index in [0.29, 0.717) is 0 Å². The van der Waals surface area contributed by atoms with E-state index in [2.05, 4.69) is 31.3 Å². The number of thioether (sulfide) groups is 1. The number of hydrogen-bond acceptors (Lipinski definition) is 3. The van der Waals surface area contributed by atoms with Gasteiger partial charge in [-0.05, 0) is 50.8 Å². The van der Waals surface area contributed by atoms with Crippen LogP contribution < -0.4 is 5.32 Å². The highest BCUT2D eigenvalue weighted by Crippen LogP contribution is 2.56. The van der Waals surface area contributed by atoms with Gasteiger partial charge >= 0.3 is 0 Å². The first-order valence-corrected chi connectivity index (χ1v) is 10.7. The molecule has 4 rings (SSSR count). The molecular formula is C23H26N2O2S. The molecule has 2 aliphatic heterocycles. The molecule has 2 aromatic rings. The average molecular weight is 395 g/mol. The van der Waals surface area contributed by atoms with Crippen LogP contribution >= 0.6 is 11.8 Å². The SMILES string of the molecule is C[C@@H](CCc1ccccc1)NC(=O)[C@H]1N2C(=O)c3ccccc3[C@H]2SC1(C)C. The number of rotatable bonds is 5. The lowest BCUT2D eigenvalue weighted by Gasteiger charge is -2.30.